The molecule has 1 saturated heterocycles. The lowest BCUT2D eigenvalue weighted by molar-refractivity contribution is -0.384. The topological polar surface area (TPSA) is 125 Å². The van der Waals surface area contributed by atoms with Gasteiger partial charge < -0.3 is 20.0 Å². The molecule has 0 radical (unpaired) electrons. The van der Waals surface area contributed by atoms with Crippen LogP contribution in [-0.4, -0.2) is 74.6 Å². The number of nitrogens with zero attached hydrogens (tertiary/aromatic N) is 5. The highest BCUT2D eigenvalue weighted by molar-refractivity contribution is 5.65. The van der Waals surface area contributed by atoms with E-state index in [2.05, 4.69) is 5.10 Å². The number of carboxylic acid groups (broad SMARTS) is 1. The van der Waals surface area contributed by atoms with E-state index in [0.29, 0.717) is 0 Å². The second kappa shape index (κ2) is 6.73. The monoisotopic (exact) mass is 335 g/mol. The molecule has 1 aliphatic heterocycles. The van der Waals surface area contributed by atoms with Crippen LogP contribution >= 0.6 is 0 Å². The number of nitro groups is 1. The lowest BCUT2D eigenvalue weighted by Gasteiger charge is -2.23. The number of β-amino-alcohol motifs (C(OH)–C–C–N with tert-alkyl or cyclic N) is 1. The van der Waals surface area contributed by atoms with Crippen molar-refractivity contribution in [2.75, 3.05) is 31.1 Å². The largest absolute Gasteiger partial charge is 0.465 e. The second-order valence-corrected chi connectivity index (χ2v) is 5.01. The number of anilines is 1. The Morgan fingerprint density at radius 3 is 2.74 bits per heavy atom. The van der Waals surface area contributed by atoms with E-state index in [1.807, 2.05) is 0 Å². The van der Waals surface area contributed by atoms with Crippen molar-refractivity contribution >= 4 is 17.6 Å². The highest BCUT2D eigenvalue weighted by atomic mass is 19.3. The average molecular weight is 335 g/mol. The summed E-state index contributed by atoms with van der Waals surface area (Å²) in [5.74, 6) is -0.165. The number of rotatable bonds is 4. The number of aliphatic hydroxyl groups is 1. The van der Waals surface area contributed by atoms with E-state index in [1.54, 1.807) is 0 Å². The predicted molar refractivity (Wildman–Crippen MR) is 72.7 cm³/mol. The Bertz CT molecular complexity index is 595. The standard InChI is InChI=1S/C11H15F2N5O5/c12-9(13)6-17-10(8(3-14-17)18(22)23)15-1-2-16(11(20)21)5-7(19)4-15/h3,7,9,19H,1-2,4-6H2,(H,20,21). The zero-order valence-electron chi connectivity index (χ0n) is 11.9. The molecule has 23 heavy (non-hydrogen) atoms. The molecule has 0 bridgehead atoms. The van der Waals surface area contributed by atoms with Crippen molar-refractivity contribution in [3.05, 3.63) is 16.3 Å². The quantitative estimate of drug-likeness (QED) is 0.595. The van der Waals surface area contributed by atoms with Gasteiger partial charge >= 0.3 is 11.8 Å². The Hall–Kier alpha value is -2.50. The first-order chi connectivity index (χ1) is 10.8. The molecule has 0 saturated carbocycles. The van der Waals surface area contributed by atoms with Crippen molar-refractivity contribution in [2.45, 2.75) is 19.1 Å². The van der Waals surface area contributed by atoms with Crippen molar-refractivity contribution in [2.24, 2.45) is 0 Å². The summed E-state index contributed by atoms with van der Waals surface area (Å²) in [7, 11) is 0. The minimum Gasteiger partial charge on any atom is -0.465 e. The van der Waals surface area contributed by atoms with Crippen LogP contribution in [0.4, 0.5) is 25.1 Å². The van der Waals surface area contributed by atoms with Gasteiger partial charge in [-0.05, 0) is 0 Å². The first-order valence-corrected chi connectivity index (χ1v) is 6.68. The van der Waals surface area contributed by atoms with Crippen molar-refractivity contribution in [3.8, 4) is 0 Å². The van der Waals surface area contributed by atoms with Crippen molar-refractivity contribution in [1.29, 1.82) is 0 Å². The molecule has 1 unspecified atom stereocenters. The Labute approximate surface area is 128 Å². The fourth-order valence-corrected chi connectivity index (χ4v) is 2.44. The molecule has 2 heterocycles. The maximum absolute atomic E-state index is 12.6. The number of aromatic nitrogens is 2. The molecule has 1 fully saturated rings. The van der Waals surface area contributed by atoms with Gasteiger partial charge in [-0.3, -0.25) is 10.1 Å². The van der Waals surface area contributed by atoms with Crippen molar-refractivity contribution < 1.29 is 28.7 Å². The molecule has 1 aliphatic rings. The molecule has 2 rings (SSSR count). The summed E-state index contributed by atoms with van der Waals surface area (Å²) in [6.45, 7) is -1.14. The van der Waals surface area contributed by atoms with E-state index in [0.717, 1.165) is 15.8 Å². The van der Waals surface area contributed by atoms with Crippen LogP contribution < -0.4 is 4.90 Å². The van der Waals surface area contributed by atoms with E-state index in [9.17, 15) is 28.8 Å². The van der Waals surface area contributed by atoms with Crippen LogP contribution in [0.15, 0.2) is 6.20 Å². The van der Waals surface area contributed by atoms with E-state index in [1.165, 1.54) is 4.90 Å². The number of hydrogen-bond donors (Lipinski definition) is 2. The van der Waals surface area contributed by atoms with E-state index >= 15 is 0 Å². The zero-order valence-corrected chi connectivity index (χ0v) is 11.9. The summed E-state index contributed by atoms with van der Waals surface area (Å²) in [5.41, 5.74) is -0.471. The molecule has 1 aromatic rings. The highest BCUT2D eigenvalue weighted by Gasteiger charge is 2.31. The first-order valence-electron chi connectivity index (χ1n) is 6.68. The molecule has 0 aliphatic carbocycles. The third kappa shape index (κ3) is 3.83. The normalized spacial score (nSPS) is 19.0. The minimum absolute atomic E-state index is 0.0130. The number of hydrogen-bond acceptors (Lipinski definition) is 6. The predicted octanol–water partition coefficient (Wildman–Crippen LogP) is 0.217. The molecule has 1 amide bonds. The summed E-state index contributed by atoms with van der Waals surface area (Å²) in [4.78, 5) is 23.6. The maximum atomic E-state index is 12.6. The smallest absolute Gasteiger partial charge is 0.407 e. The molecule has 0 spiro atoms. The lowest BCUT2D eigenvalue weighted by Crippen LogP contribution is -2.36. The van der Waals surface area contributed by atoms with Crippen LogP contribution in [0.2, 0.25) is 0 Å². The molecule has 2 N–H and O–H groups in total. The first kappa shape index (κ1) is 16.9. The van der Waals surface area contributed by atoms with Crippen LogP contribution in [-0.2, 0) is 6.54 Å². The van der Waals surface area contributed by atoms with Gasteiger partial charge in [0.25, 0.3) is 6.43 Å². The third-order valence-corrected chi connectivity index (χ3v) is 3.37. The second-order valence-electron chi connectivity index (χ2n) is 5.01. The Morgan fingerprint density at radius 2 is 2.17 bits per heavy atom. The third-order valence-electron chi connectivity index (χ3n) is 3.37. The van der Waals surface area contributed by atoms with Gasteiger partial charge in [-0.1, -0.05) is 0 Å². The molecule has 10 nitrogen and oxygen atoms in total. The van der Waals surface area contributed by atoms with Gasteiger partial charge in [0.2, 0.25) is 5.82 Å². The number of amides is 1. The Kier molecular flexibility index (Phi) is 4.93. The average Bonchev–Trinajstić information content (AvgIpc) is 2.73. The number of halogens is 2. The Balaban J connectivity index is 2.33. The summed E-state index contributed by atoms with van der Waals surface area (Å²) in [5, 5.41) is 33.6. The maximum Gasteiger partial charge on any atom is 0.407 e. The summed E-state index contributed by atoms with van der Waals surface area (Å²) in [6.07, 6.45) is -4.24. The number of alkyl halides is 2. The highest BCUT2D eigenvalue weighted by Crippen LogP contribution is 2.29. The lowest BCUT2D eigenvalue weighted by atomic mass is 10.3. The van der Waals surface area contributed by atoms with E-state index < -0.39 is 35.8 Å². The van der Waals surface area contributed by atoms with Crippen molar-refractivity contribution in [1.82, 2.24) is 14.7 Å². The van der Waals surface area contributed by atoms with Crippen LogP contribution in [0.3, 0.4) is 0 Å². The van der Waals surface area contributed by atoms with Gasteiger partial charge in [0.05, 0.1) is 17.6 Å². The fourth-order valence-electron chi connectivity index (χ4n) is 2.44. The molecular formula is C11H15F2N5O5. The van der Waals surface area contributed by atoms with Crippen LogP contribution in [0, 0.1) is 10.1 Å². The van der Waals surface area contributed by atoms with Gasteiger partial charge in [0, 0.05) is 19.6 Å². The Morgan fingerprint density at radius 1 is 1.48 bits per heavy atom. The number of aliphatic hydroxyl groups excluding tert-OH is 1. The SMILES string of the molecule is O=C(O)N1CCN(c2c([N+](=O)[O-])cnn2CC(F)F)CC(O)C1. The van der Waals surface area contributed by atoms with Crippen LogP contribution in [0.5, 0.6) is 0 Å². The molecular weight excluding hydrogens is 320 g/mol. The zero-order chi connectivity index (χ0) is 17.1. The molecule has 12 heteroatoms. The minimum atomic E-state index is -2.76. The van der Waals surface area contributed by atoms with E-state index in [-0.39, 0.29) is 32.0 Å². The van der Waals surface area contributed by atoms with E-state index in [4.69, 9.17) is 5.11 Å². The fraction of sp³-hybridized carbons (Fsp3) is 0.636. The van der Waals surface area contributed by atoms with Crippen LogP contribution in [0.25, 0.3) is 0 Å². The number of carbonyl (C=O) groups is 1. The van der Waals surface area contributed by atoms with Crippen molar-refractivity contribution in [3.63, 3.8) is 0 Å². The molecule has 128 valence electrons. The van der Waals surface area contributed by atoms with Crippen LogP contribution in [0.1, 0.15) is 0 Å². The molecule has 1 atom stereocenters. The molecule has 1 aromatic heterocycles. The van der Waals surface area contributed by atoms with Gasteiger partial charge in [-0.2, -0.15) is 5.10 Å². The van der Waals surface area contributed by atoms with Gasteiger partial charge in [0.1, 0.15) is 12.7 Å². The summed E-state index contributed by atoms with van der Waals surface area (Å²) >= 11 is 0. The van der Waals surface area contributed by atoms with Gasteiger partial charge in [-0.25, -0.2) is 18.3 Å². The van der Waals surface area contributed by atoms with Gasteiger partial charge in [-0.15, -0.1) is 0 Å². The molecule has 0 aromatic carbocycles. The summed E-state index contributed by atoms with van der Waals surface area (Å²) < 4.78 is 26.0. The summed E-state index contributed by atoms with van der Waals surface area (Å²) in [6, 6.07) is 0. The van der Waals surface area contributed by atoms with Gasteiger partial charge in [0.15, 0.2) is 0 Å².